The smallest absolute Gasteiger partial charge is 0.253 e. The number of aromatic nitrogens is 1. The van der Waals surface area contributed by atoms with E-state index >= 15 is 0 Å². The Balaban J connectivity index is 2.77. The van der Waals surface area contributed by atoms with Gasteiger partial charge in [0.25, 0.3) is 5.91 Å². The Kier molecular flexibility index (Phi) is 4.81. The molecule has 94 valence electrons. The van der Waals surface area contributed by atoms with E-state index in [-0.39, 0.29) is 12.3 Å². The first kappa shape index (κ1) is 13.6. The van der Waals surface area contributed by atoms with Crippen LogP contribution in [0.1, 0.15) is 23.7 Å². The van der Waals surface area contributed by atoms with Crippen LogP contribution in [0.2, 0.25) is 0 Å². The Morgan fingerprint density at radius 1 is 1.61 bits per heavy atom. The zero-order valence-electron chi connectivity index (χ0n) is 9.96. The third-order valence-corrected chi connectivity index (χ3v) is 2.50. The highest BCUT2D eigenvalue weighted by atomic mass is 16.2. The highest BCUT2D eigenvalue weighted by Gasteiger charge is 2.25. The molecule has 2 amide bonds. The Morgan fingerprint density at radius 3 is 2.83 bits per heavy atom. The fraction of sp³-hybridized carbons (Fsp3) is 0.333. The van der Waals surface area contributed by atoms with Crippen LogP contribution in [0.25, 0.3) is 0 Å². The number of hydrogen-bond acceptors (Lipinski definition) is 4. The number of nitrogens with zero attached hydrogens (tertiary/aromatic N) is 2. The number of pyridine rings is 1. The molecule has 0 aromatic carbocycles. The maximum Gasteiger partial charge on any atom is 0.253 e. The van der Waals surface area contributed by atoms with Crippen LogP contribution in [0.15, 0.2) is 24.5 Å². The summed E-state index contributed by atoms with van der Waals surface area (Å²) >= 11 is 0. The van der Waals surface area contributed by atoms with Crippen LogP contribution in [0.3, 0.4) is 0 Å². The van der Waals surface area contributed by atoms with E-state index in [1.54, 1.807) is 25.3 Å². The molecule has 6 heteroatoms. The predicted molar refractivity (Wildman–Crippen MR) is 64.1 cm³/mol. The molecular formula is C12H14N4O2. The second-order valence-corrected chi connectivity index (χ2v) is 3.93. The van der Waals surface area contributed by atoms with E-state index in [2.05, 4.69) is 10.3 Å². The summed E-state index contributed by atoms with van der Waals surface area (Å²) in [5.74, 6) is -1.43. The summed E-state index contributed by atoms with van der Waals surface area (Å²) in [5, 5.41) is 11.1. The minimum Gasteiger partial charge on any atom is -0.368 e. The number of nitrogens with one attached hydrogen (secondary N) is 1. The van der Waals surface area contributed by atoms with Crippen LogP contribution in [-0.2, 0) is 4.79 Å². The van der Waals surface area contributed by atoms with Crippen molar-refractivity contribution in [2.24, 2.45) is 11.7 Å². The maximum absolute atomic E-state index is 11.8. The van der Waals surface area contributed by atoms with Crippen molar-refractivity contribution in [2.45, 2.75) is 19.4 Å². The zero-order chi connectivity index (χ0) is 13.5. The van der Waals surface area contributed by atoms with Crippen molar-refractivity contribution in [3.63, 3.8) is 0 Å². The molecule has 0 unspecified atom stereocenters. The van der Waals surface area contributed by atoms with E-state index in [0.717, 1.165) is 0 Å². The van der Waals surface area contributed by atoms with Crippen LogP contribution in [0.5, 0.6) is 0 Å². The van der Waals surface area contributed by atoms with Crippen molar-refractivity contribution in [3.8, 4) is 6.07 Å². The molecule has 0 saturated heterocycles. The van der Waals surface area contributed by atoms with Crippen molar-refractivity contribution in [3.05, 3.63) is 30.1 Å². The summed E-state index contributed by atoms with van der Waals surface area (Å²) < 4.78 is 0. The first-order chi connectivity index (χ1) is 8.56. The molecule has 1 heterocycles. The number of carbonyl (C=O) groups excluding carboxylic acids is 2. The number of nitrogens with two attached hydrogens (primary N) is 1. The first-order valence-corrected chi connectivity index (χ1v) is 5.43. The quantitative estimate of drug-likeness (QED) is 0.774. The van der Waals surface area contributed by atoms with E-state index in [1.807, 2.05) is 6.07 Å². The van der Waals surface area contributed by atoms with Crippen molar-refractivity contribution in [2.75, 3.05) is 0 Å². The van der Waals surface area contributed by atoms with Crippen LogP contribution in [0, 0.1) is 17.2 Å². The molecule has 6 nitrogen and oxygen atoms in total. The summed E-state index contributed by atoms with van der Waals surface area (Å²) in [6.45, 7) is 1.68. The van der Waals surface area contributed by atoms with E-state index < -0.39 is 17.9 Å². The van der Waals surface area contributed by atoms with Gasteiger partial charge in [-0.15, -0.1) is 0 Å². The summed E-state index contributed by atoms with van der Waals surface area (Å²) in [6, 6.07) is 4.28. The maximum atomic E-state index is 11.8. The van der Waals surface area contributed by atoms with Gasteiger partial charge in [-0.3, -0.25) is 14.6 Å². The molecule has 0 saturated carbocycles. The fourth-order valence-electron chi connectivity index (χ4n) is 1.48. The second kappa shape index (κ2) is 6.35. The molecule has 0 spiro atoms. The zero-order valence-corrected chi connectivity index (χ0v) is 9.96. The summed E-state index contributed by atoms with van der Waals surface area (Å²) in [4.78, 5) is 26.9. The summed E-state index contributed by atoms with van der Waals surface area (Å²) in [7, 11) is 0. The molecular weight excluding hydrogens is 232 g/mol. The second-order valence-electron chi connectivity index (χ2n) is 3.93. The monoisotopic (exact) mass is 246 g/mol. The van der Waals surface area contributed by atoms with Crippen molar-refractivity contribution in [1.29, 1.82) is 5.26 Å². The minimum absolute atomic E-state index is 0.140. The molecule has 0 bridgehead atoms. The van der Waals surface area contributed by atoms with Gasteiger partial charge in [-0.1, -0.05) is 6.92 Å². The van der Waals surface area contributed by atoms with Crippen LogP contribution in [-0.4, -0.2) is 22.8 Å². The Bertz CT molecular complexity index is 467. The van der Waals surface area contributed by atoms with Crippen molar-refractivity contribution >= 4 is 11.8 Å². The van der Waals surface area contributed by atoms with Gasteiger partial charge in [0.05, 0.1) is 11.6 Å². The number of amides is 2. The molecule has 2 atom stereocenters. The molecule has 1 aromatic rings. The highest BCUT2D eigenvalue weighted by molar-refractivity contribution is 5.97. The van der Waals surface area contributed by atoms with Gasteiger partial charge >= 0.3 is 0 Å². The van der Waals surface area contributed by atoms with Gasteiger partial charge in [0, 0.05) is 18.8 Å². The van der Waals surface area contributed by atoms with E-state index in [9.17, 15) is 9.59 Å². The SMILES string of the molecule is C[C@@H](CC#N)[C@@H](NC(=O)c1cccnc1)C(N)=O. The number of rotatable bonds is 5. The van der Waals surface area contributed by atoms with Gasteiger partial charge in [0.15, 0.2) is 0 Å². The number of nitriles is 1. The number of hydrogen-bond donors (Lipinski definition) is 2. The Morgan fingerprint density at radius 2 is 2.33 bits per heavy atom. The summed E-state index contributed by atoms with van der Waals surface area (Å²) in [6.07, 6.45) is 3.07. The third kappa shape index (κ3) is 3.56. The largest absolute Gasteiger partial charge is 0.368 e. The highest BCUT2D eigenvalue weighted by Crippen LogP contribution is 2.08. The molecule has 0 fully saturated rings. The average molecular weight is 246 g/mol. The molecule has 0 aliphatic rings. The lowest BCUT2D eigenvalue weighted by Crippen LogP contribution is -2.48. The predicted octanol–water partition coefficient (Wildman–Crippen LogP) is 0.215. The number of primary amides is 1. The van der Waals surface area contributed by atoms with Crippen molar-refractivity contribution < 1.29 is 9.59 Å². The fourth-order valence-corrected chi connectivity index (χ4v) is 1.48. The van der Waals surface area contributed by atoms with Crippen LogP contribution < -0.4 is 11.1 Å². The first-order valence-electron chi connectivity index (χ1n) is 5.43. The van der Waals surface area contributed by atoms with Crippen molar-refractivity contribution in [1.82, 2.24) is 10.3 Å². The van der Waals surface area contributed by atoms with E-state index in [4.69, 9.17) is 11.0 Å². The third-order valence-electron chi connectivity index (χ3n) is 2.50. The Labute approximate surface area is 105 Å². The lowest BCUT2D eigenvalue weighted by atomic mass is 9.98. The molecule has 1 aromatic heterocycles. The van der Waals surface area contributed by atoms with Gasteiger partial charge in [0.2, 0.25) is 5.91 Å². The van der Waals surface area contributed by atoms with Gasteiger partial charge in [0.1, 0.15) is 6.04 Å². The molecule has 0 aliphatic carbocycles. The standard InChI is InChI=1S/C12H14N4O2/c1-8(4-5-13)10(11(14)17)16-12(18)9-3-2-6-15-7-9/h2-3,6-8,10H,4H2,1H3,(H2,14,17)(H,16,18)/t8-,10+/m0/s1. The molecule has 18 heavy (non-hydrogen) atoms. The summed E-state index contributed by atoms with van der Waals surface area (Å²) in [5.41, 5.74) is 5.56. The van der Waals surface area contributed by atoms with Gasteiger partial charge in [-0.25, -0.2) is 0 Å². The van der Waals surface area contributed by atoms with Crippen LogP contribution in [0.4, 0.5) is 0 Å². The number of carbonyl (C=O) groups is 2. The lowest BCUT2D eigenvalue weighted by Gasteiger charge is -2.20. The topological polar surface area (TPSA) is 109 Å². The van der Waals surface area contributed by atoms with Gasteiger partial charge in [-0.05, 0) is 18.1 Å². The molecule has 0 radical (unpaired) electrons. The lowest BCUT2D eigenvalue weighted by molar-refractivity contribution is -0.120. The normalized spacial score (nSPS) is 13.1. The van der Waals surface area contributed by atoms with E-state index in [1.165, 1.54) is 6.20 Å². The molecule has 1 rings (SSSR count). The van der Waals surface area contributed by atoms with Gasteiger partial charge in [-0.2, -0.15) is 5.26 Å². The molecule has 3 N–H and O–H groups in total. The molecule has 0 aliphatic heterocycles. The minimum atomic E-state index is -0.864. The van der Waals surface area contributed by atoms with Gasteiger partial charge < -0.3 is 11.1 Å². The average Bonchev–Trinajstić information content (AvgIpc) is 2.36. The Hall–Kier alpha value is -2.42. The van der Waals surface area contributed by atoms with Crippen LogP contribution >= 0.6 is 0 Å². The van der Waals surface area contributed by atoms with E-state index in [0.29, 0.717) is 5.56 Å².